The molecule has 0 aliphatic heterocycles. The monoisotopic (exact) mass is 239 g/mol. The van der Waals surface area contributed by atoms with Crippen LogP contribution in [0.25, 0.3) is 11.4 Å². The zero-order valence-electron chi connectivity index (χ0n) is 8.97. The summed E-state index contributed by atoms with van der Waals surface area (Å²) in [5.41, 5.74) is 3.61. The highest BCUT2D eigenvalue weighted by Crippen LogP contribution is 2.18. The second kappa shape index (κ2) is 6.53. The van der Waals surface area contributed by atoms with Crippen LogP contribution < -0.4 is 0 Å². The molecule has 0 radical (unpaired) electrons. The van der Waals surface area contributed by atoms with Gasteiger partial charge >= 0.3 is 0 Å². The highest BCUT2D eigenvalue weighted by molar-refractivity contribution is 7.98. The maximum atomic E-state index is 4.33. The zero-order chi connectivity index (χ0) is 11.1. The van der Waals surface area contributed by atoms with Crippen LogP contribution in [-0.4, -0.2) is 21.2 Å². The minimum Gasteiger partial charge on any atom is -0.243 e. The van der Waals surface area contributed by atoms with Crippen LogP contribution in [0.15, 0.2) is 28.3 Å². The molecule has 0 aliphatic carbocycles. The SMILES string of the molecule is CC.CSc1nccc(-c2cscn2)n1. The van der Waals surface area contributed by atoms with E-state index in [0.717, 1.165) is 16.5 Å². The zero-order valence-corrected chi connectivity index (χ0v) is 10.6. The van der Waals surface area contributed by atoms with E-state index in [1.54, 1.807) is 23.0 Å². The minimum absolute atomic E-state index is 0.783. The first-order valence-corrected chi connectivity index (χ1v) is 6.82. The lowest BCUT2D eigenvalue weighted by Crippen LogP contribution is -1.88. The smallest absolute Gasteiger partial charge is 0.187 e. The third-order valence-electron chi connectivity index (χ3n) is 1.51. The Kier molecular flexibility index (Phi) is 5.28. The number of thiazole rings is 1. The molecule has 2 rings (SSSR count). The van der Waals surface area contributed by atoms with Gasteiger partial charge in [0.1, 0.15) is 0 Å². The molecule has 3 nitrogen and oxygen atoms in total. The normalized spacial score (nSPS) is 9.27. The van der Waals surface area contributed by atoms with E-state index in [1.807, 2.05) is 31.5 Å². The number of aromatic nitrogens is 3. The molecular weight excluding hydrogens is 226 g/mol. The maximum Gasteiger partial charge on any atom is 0.187 e. The minimum atomic E-state index is 0.783. The third kappa shape index (κ3) is 3.28. The first-order valence-electron chi connectivity index (χ1n) is 4.66. The lowest BCUT2D eigenvalue weighted by Gasteiger charge is -1.97. The van der Waals surface area contributed by atoms with E-state index in [0.29, 0.717) is 0 Å². The predicted molar refractivity (Wildman–Crippen MR) is 66.3 cm³/mol. The first-order chi connectivity index (χ1) is 7.40. The molecule has 0 saturated heterocycles. The summed E-state index contributed by atoms with van der Waals surface area (Å²) in [6, 6.07) is 1.87. The molecule has 2 heterocycles. The van der Waals surface area contributed by atoms with Crippen LogP contribution >= 0.6 is 23.1 Å². The van der Waals surface area contributed by atoms with E-state index < -0.39 is 0 Å². The van der Waals surface area contributed by atoms with E-state index in [4.69, 9.17) is 0 Å². The molecule has 0 spiro atoms. The van der Waals surface area contributed by atoms with Gasteiger partial charge in [0.05, 0.1) is 16.9 Å². The molecule has 0 bridgehead atoms. The van der Waals surface area contributed by atoms with Crippen LogP contribution in [0.5, 0.6) is 0 Å². The second-order valence-electron chi connectivity index (χ2n) is 2.30. The Labute approximate surface area is 98.0 Å². The Morgan fingerprint density at radius 1 is 1.20 bits per heavy atom. The number of rotatable bonds is 2. The topological polar surface area (TPSA) is 38.7 Å². The fourth-order valence-corrected chi connectivity index (χ4v) is 1.82. The molecule has 0 fully saturated rings. The summed E-state index contributed by atoms with van der Waals surface area (Å²) in [5, 5.41) is 2.76. The van der Waals surface area contributed by atoms with Gasteiger partial charge in [-0.1, -0.05) is 25.6 Å². The summed E-state index contributed by atoms with van der Waals surface area (Å²) in [5.74, 6) is 0. The van der Waals surface area contributed by atoms with Crippen molar-refractivity contribution in [3.8, 4) is 11.4 Å². The first kappa shape index (κ1) is 12.1. The van der Waals surface area contributed by atoms with Gasteiger partial charge in [-0.25, -0.2) is 15.0 Å². The second-order valence-corrected chi connectivity index (χ2v) is 3.79. The van der Waals surface area contributed by atoms with Crippen LogP contribution in [0.2, 0.25) is 0 Å². The molecule has 0 aliphatic rings. The Bertz CT molecular complexity index is 387. The Morgan fingerprint density at radius 2 is 2.00 bits per heavy atom. The molecule has 0 aromatic carbocycles. The van der Waals surface area contributed by atoms with Gasteiger partial charge in [-0.2, -0.15) is 0 Å². The van der Waals surface area contributed by atoms with Gasteiger partial charge in [0.2, 0.25) is 0 Å². The van der Waals surface area contributed by atoms with Crippen LogP contribution in [0.4, 0.5) is 0 Å². The third-order valence-corrected chi connectivity index (χ3v) is 2.66. The van der Waals surface area contributed by atoms with Crippen molar-refractivity contribution in [2.45, 2.75) is 19.0 Å². The number of hydrogen-bond acceptors (Lipinski definition) is 5. The molecule has 2 aromatic rings. The molecule has 0 amide bonds. The average Bonchev–Trinajstić information content (AvgIpc) is 2.85. The highest BCUT2D eigenvalue weighted by Gasteiger charge is 2.02. The molecule has 5 heteroatoms. The van der Waals surface area contributed by atoms with E-state index in [-0.39, 0.29) is 0 Å². The average molecular weight is 239 g/mol. The quantitative estimate of drug-likeness (QED) is 0.595. The number of thioether (sulfide) groups is 1. The molecule has 0 unspecified atom stereocenters. The molecule has 0 saturated carbocycles. The van der Waals surface area contributed by atoms with Gasteiger partial charge < -0.3 is 0 Å². The van der Waals surface area contributed by atoms with Gasteiger partial charge in [-0.3, -0.25) is 0 Å². The van der Waals surface area contributed by atoms with Crippen molar-refractivity contribution in [3.05, 3.63) is 23.2 Å². The van der Waals surface area contributed by atoms with Crippen molar-refractivity contribution in [3.63, 3.8) is 0 Å². The van der Waals surface area contributed by atoms with Crippen molar-refractivity contribution in [1.29, 1.82) is 0 Å². The van der Waals surface area contributed by atoms with E-state index in [9.17, 15) is 0 Å². The fraction of sp³-hybridized carbons (Fsp3) is 0.300. The molecule has 80 valence electrons. The van der Waals surface area contributed by atoms with Gasteiger partial charge in [0, 0.05) is 11.6 Å². The van der Waals surface area contributed by atoms with Crippen molar-refractivity contribution < 1.29 is 0 Å². The Hall–Kier alpha value is -0.940. The van der Waals surface area contributed by atoms with Gasteiger partial charge in [0.25, 0.3) is 0 Å². The van der Waals surface area contributed by atoms with Crippen molar-refractivity contribution in [1.82, 2.24) is 15.0 Å². The number of nitrogens with zero attached hydrogens (tertiary/aromatic N) is 3. The highest BCUT2D eigenvalue weighted by atomic mass is 32.2. The van der Waals surface area contributed by atoms with Gasteiger partial charge in [0.15, 0.2) is 5.16 Å². The predicted octanol–water partition coefficient (Wildman–Crippen LogP) is 3.35. The standard InChI is InChI=1S/C8H7N3S2.C2H6/c1-12-8-9-3-2-6(11-8)7-4-13-5-10-7;1-2/h2-5H,1H3;1-2H3. The van der Waals surface area contributed by atoms with Crippen LogP contribution in [0, 0.1) is 0 Å². The maximum absolute atomic E-state index is 4.33. The van der Waals surface area contributed by atoms with Gasteiger partial charge in [-0.05, 0) is 12.3 Å². The molecule has 2 aromatic heterocycles. The van der Waals surface area contributed by atoms with Crippen LogP contribution in [0.1, 0.15) is 13.8 Å². The Balaban J connectivity index is 0.000000531. The lowest BCUT2D eigenvalue weighted by molar-refractivity contribution is 0.973. The van der Waals surface area contributed by atoms with Crippen molar-refractivity contribution >= 4 is 23.1 Å². The lowest BCUT2D eigenvalue weighted by atomic mass is 10.3. The number of hydrogen-bond donors (Lipinski definition) is 0. The summed E-state index contributed by atoms with van der Waals surface area (Å²) in [7, 11) is 0. The summed E-state index contributed by atoms with van der Waals surface area (Å²) in [4.78, 5) is 12.6. The summed E-state index contributed by atoms with van der Waals surface area (Å²) in [6.07, 6.45) is 3.72. The van der Waals surface area contributed by atoms with Gasteiger partial charge in [-0.15, -0.1) is 11.3 Å². The van der Waals surface area contributed by atoms with E-state index >= 15 is 0 Å². The molecular formula is C10H13N3S2. The summed E-state index contributed by atoms with van der Waals surface area (Å²) >= 11 is 3.10. The summed E-state index contributed by atoms with van der Waals surface area (Å²) in [6.45, 7) is 4.00. The van der Waals surface area contributed by atoms with Crippen LogP contribution in [0.3, 0.4) is 0 Å². The van der Waals surface area contributed by atoms with E-state index in [2.05, 4.69) is 15.0 Å². The Morgan fingerprint density at radius 3 is 2.60 bits per heavy atom. The van der Waals surface area contributed by atoms with Crippen molar-refractivity contribution in [2.75, 3.05) is 6.26 Å². The molecule has 15 heavy (non-hydrogen) atoms. The van der Waals surface area contributed by atoms with Crippen molar-refractivity contribution in [2.24, 2.45) is 0 Å². The molecule has 0 atom stereocenters. The van der Waals surface area contributed by atoms with Crippen LogP contribution in [-0.2, 0) is 0 Å². The summed E-state index contributed by atoms with van der Waals surface area (Å²) < 4.78 is 0. The fourth-order valence-electron chi connectivity index (χ4n) is 0.921. The molecule has 0 N–H and O–H groups in total. The van der Waals surface area contributed by atoms with E-state index in [1.165, 1.54) is 11.8 Å². The largest absolute Gasteiger partial charge is 0.243 e.